The molecule has 1 N–H and O–H groups in total. The van der Waals surface area contributed by atoms with Crippen LogP contribution in [0.3, 0.4) is 0 Å². The van der Waals surface area contributed by atoms with Gasteiger partial charge < -0.3 is 14.4 Å². The van der Waals surface area contributed by atoms with Gasteiger partial charge in [0.25, 0.3) is 0 Å². The highest BCUT2D eigenvalue weighted by Crippen LogP contribution is 2.23. The maximum atomic E-state index is 11.2. The van der Waals surface area contributed by atoms with Gasteiger partial charge in [0.05, 0.1) is 11.3 Å². The molecule has 0 aliphatic heterocycles. The van der Waals surface area contributed by atoms with E-state index in [2.05, 4.69) is 27.7 Å². The molecule has 19 heavy (non-hydrogen) atoms. The number of halogens is 1. The van der Waals surface area contributed by atoms with E-state index in [4.69, 9.17) is 14.4 Å². The second-order valence-corrected chi connectivity index (χ2v) is 5.28. The Morgan fingerprint density at radius 3 is 2.79 bits per heavy atom. The number of rotatable bonds is 4. The highest BCUT2D eigenvalue weighted by Gasteiger charge is 2.14. The molecule has 2 aromatic rings. The number of aryl methyl sites for hydroxylation is 2. The van der Waals surface area contributed by atoms with Crippen LogP contribution in [-0.2, 0) is 6.61 Å². The number of carboxylic acids is 1. The van der Waals surface area contributed by atoms with Gasteiger partial charge in [-0.1, -0.05) is 5.16 Å². The van der Waals surface area contributed by atoms with Crippen LogP contribution in [-0.4, -0.2) is 16.2 Å². The van der Waals surface area contributed by atoms with Crippen molar-refractivity contribution in [3.63, 3.8) is 0 Å². The van der Waals surface area contributed by atoms with Crippen molar-refractivity contribution in [1.82, 2.24) is 5.16 Å². The Balaban J connectivity index is 2.23. The smallest absolute Gasteiger partial charge is 0.339 e. The molecule has 0 bridgehead atoms. The van der Waals surface area contributed by atoms with Crippen molar-refractivity contribution in [2.75, 3.05) is 0 Å². The summed E-state index contributed by atoms with van der Waals surface area (Å²) < 4.78 is 11.5. The molecule has 0 spiro atoms. The minimum absolute atomic E-state index is 0.152. The summed E-state index contributed by atoms with van der Waals surface area (Å²) in [6, 6.07) is 5.03. The number of ether oxygens (including phenoxy) is 1. The first-order valence-corrected chi connectivity index (χ1v) is 6.64. The maximum absolute atomic E-state index is 11.2. The van der Waals surface area contributed by atoms with Gasteiger partial charge >= 0.3 is 5.97 Å². The highest BCUT2D eigenvalue weighted by atomic mass is 127. The van der Waals surface area contributed by atoms with Crippen molar-refractivity contribution in [2.24, 2.45) is 0 Å². The second kappa shape index (κ2) is 5.60. The fraction of sp³-hybridized carbons (Fsp3) is 0.231. The average Bonchev–Trinajstić information content (AvgIpc) is 2.68. The predicted molar refractivity (Wildman–Crippen MR) is 76.4 cm³/mol. The number of benzene rings is 1. The number of aromatic carboxylic acids is 1. The van der Waals surface area contributed by atoms with Gasteiger partial charge in [0.15, 0.2) is 0 Å². The van der Waals surface area contributed by atoms with Crippen LogP contribution in [0.1, 0.15) is 27.4 Å². The van der Waals surface area contributed by atoms with Crippen LogP contribution in [0.25, 0.3) is 0 Å². The average molecular weight is 373 g/mol. The molecule has 0 saturated carbocycles. The fourth-order valence-electron chi connectivity index (χ4n) is 1.65. The second-order valence-electron chi connectivity index (χ2n) is 4.04. The number of aromatic nitrogens is 1. The molecule has 0 unspecified atom stereocenters. The predicted octanol–water partition coefficient (Wildman–Crippen LogP) is 3.17. The van der Waals surface area contributed by atoms with E-state index < -0.39 is 5.97 Å². The van der Waals surface area contributed by atoms with Crippen LogP contribution in [0, 0.1) is 17.4 Å². The van der Waals surface area contributed by atoms with E-state index in [1.165, 1.54) is 0 Å². The summed E-state index contributed by atoms with van der Waals surface area (Å²) in [5.74, 6) is 0.0140. The molecular formula is C13H12INO4. The van der Waals surface area contributed by atoms with E-state index in [-0.39, 0.29) is 12.2 Å². The zero-order valence-corrected chi connectivity index (χ0v) is 12.6. The third-order valence-electron chi connectivity index (χ3n) is 2.73. The summed E-state index contributed by atoms with van der Waals surface area (Å²) >= 11 is 2.06. The molecular weight excluding hydrogens is 361 g/mol. The summed E-state index contributed by atoms with van der Waals surface area (Å²) in [6.07, 6.45) is 0. The normalized spacial score (nSPS) is 10.5. The molecule has 100 valence electrons. The summed E-state index contributed by atoms with van der Waals surface area (Å²) in [7, 11) is 0. The van der Waals surface area contributed by atoms with E-state index in [0.717, 1.165) is 14.8 Å². The summed E-state index contributed by atoms with van der Waals surface area (Å²) in [4.78, 5) is 11.2. The topological polar surface area (TPSA) is 72.6 Å². The number of nitrogens with zero attached hydrogens (tertiary/aromatic N) is 1. The Kier molecular flexibility index (Phi) is 4.08. The van der Waals surface area contributed by atoms with Crippen molar-refractivity contribution >= 4 is 28.6 Å². The molecule has 0 fully saturated rings. The van der Waals surface area contributed by atoms with Gasteiger partial charge in [-0.25, -0.2) is 4.79 Å². The van der Waals surface area contributed by atoms with Crippen molar-refractivity contribution in [3.05, 3.63) is 44.4 Å². The van der Waals surface area contributed by atoms with Crippen LogP contribution in [0.15, 0.2) is 22.7 Å². The number of hydrogen-bond acceptors (Lipinski definition) is 4. The minimum Gasteiger partial charge on any atom is -0.488 e. The molecule has 0 amide bonds. The van der Waals surface area contributed by atoms with Gasteiger partial charge in [-0.3, -0.25) is 0 Å². The highest BCUT2D eigenvalue weighted by molar-refractivity contribution is 14.1. The van der Waals surface area contributed by atoms with E-state index in [1.807, 2.05) is 6.92 Å². The molecule has 5 nitrogen and oxygen atoms in total. The number of carbonyl (C=O) groups is 1. The van der Waals surface area contributed by atoms with Gasteiger partial charge in [0, 0.05) is 3.57 Å². The largest absolute Gasteiger partial charge is 0.488 e. The van der Waals surface area contributed by atoms with Crippen LogP contribution in [0.5, 0.6) is 5.75 Å². The molecule has 0 saturated heterocycles. The van der Waals surface area contributed by atoms with Crippen molar-refractivity contribution in [3.8, 4) is 5.75 Å². The number of carboxylic acid groups (broad SMARTS) is 1. The molecule has 0 aliphatic rings. The van der Waals surface area contributed by atoms with Crippen molar-refractivity contribution in [2.45, 2.75) is 20.5 Å². The van der Waals surface area contributed by atoms with Crippen LogP contribution in [0.4, 0.5) is 0 Å². The van der Waals surface area contributed by atoms with Gasteiger partial charge in [-0.2, -0.15) is 0 Å². The summed E-state index contributed by atoms with van der Waals surface area (Å²) in [5.41, 5.74) is 1.74. The molecule has 0 atom stereocenters. The lowest BCUT2D eigenvalue weighted by atomic mass is 10.2. The van der Waals surface area contributed by atoms with Crippen molar-refractivity contribution < 1.29 is 19.2 Å². The fourth-order valence-corrected chi connectivity index (χ4v) is 2.14. The Morgan fingerprint density at radius 1 is 1.47 bits per heavy atom. The molecule has 1 aromatic carbocycles. The standard InChI is InChI=1S/C13H12INO4/c1-7-11(8(2)19-15-7)6-18-12-4-3-9(14)5-10(12)13(16)17/h3-5H,6H2,1-2H3,(H,16,17). The van der Waals surface area contributed by atoms with Crippen LogP contribution < -0.4 is 4.74 Å². The Morgan fingerprint density at radius 2 is 2.21 bits per heavy atom. The third kappa shape index (κ3) is 3.06. The minimum atomic E-state index is -1.01. The maximum Gasteiger partial charge on any atom is 0.339 e. The van der Waals surface area contributed by atoms with E-state index in [9.17, 15) is 4.79 Å². The Labute approximate surface area is 123 Å². The lowest BCUT2D eigenvalue weighted by Gasteiger charge is -2.09. The molecule has 0 radical (unpaired) electrons. The van der Waals surface area contributed by atoms with Gasteiger partial charge in [0.2, 0.25) is 0 Å². The first-order valence-electron chi connectivity index (χ1n) is 5.56. The van der Waals surface area contributed by atoms with Gasteiger partial charge in [-0.05, 0) is 54.6 Å². The lowest BCUT2D eigenvalue weighted by molar-refractivity contribution is 0.0691. The van der Waals surface area contributed by atoms with E-state index >= 15 is 0 Å². The molecule has 6 heteroatoms. The zero-order valence-electron chi connectivity index (χ0n) is 10.4. The van der Waals surface area contributed by atoms with E-state index in [1.54, 1.807) is 25.1 Å². The Hall–Kier alpha value is -1.57. The summed E-state index contributed by atoms with van der Waals surface area (Å²) in [5, 5.41) is 13.0. The summed E-state index contributed by atoms with van der Waals surface area (Å²) in [6.45, 7) is 3.86. The first-order chi connectivity index (χ1) is 8.99. The van der Waals surface area contributed by atoms with Crippen molar-refractivity contribution in [1.29, 1.82) is 0 Å². The molecule has 2 rings (SSSR count). The van der Waals surface area contributed by atoms with E-state index in [0.29, 0.717) is 11.5 Å². The van der Waals surface area contributed by atoms with Crippen LogP contribution in [0.2, 0.25) is 0 Å². The molecule has 0 aliphatic carbocycles. The van der Waals surface area contributed by atoms with Gasteiger partial charge in [0.1, 0.15) is 23.7 Å². The SMILES string of the molecule is Cc1noc(C)c1COc1ccc(I)cc1C(=O)O. The Bertz CT molecular complexity index is 602. The first kappa shape index (κ1) is 13.9. The zero-order chi connectivity index (χ0) is 14.0. The third-order valence-corrected chi connectivity index (χ3v) is 3.40. The quantitative estimate of drug-likeness (QED) is 0.834. The number of hydrogen-bond donors (Lipinski definition) is 1. The molecule has 1 aromatic heterocycles. The monoisotopic (exact) mass is 373 g/mol. The lowest BCUT2D eigenvalue weighted by Crippen LogP contribution is -2.04. The van der Waals surface area contributed by atoms with Crippen LogP contribution >= 0.6 is 22.6 Å². The van der Waals surface area contributed by atoms with Gasteiger partial charge in [-0.15, -0.1) is 0 Å². The molecule has 1 heterocycles.